The van der Waals surface area contributed by atoms with Crippen LogP contribution in [-0.4, -0.2) is 23.6 Å². The van der Waals surface area contributed by atoms with Gasteiger partial charge >= 0.3 is 0 Å². The lowest BCUT2D eigenvalue weighted by atomic mass is 10.3. The fourth-order valence-electron chi connectivity index (χ4n) is 3.43. The quantitative estimate of drug-likeness (QED) is 0.437. The summed E-state index contributed by atoms with van der Waals surface area (Å²) in [5.41, 5.74) is 0.105. The van der Waals surface area contributed by atoms with Gasteiger partial charge in [0.25, 0.3) is 11.1 Å². The average Bonchev–Trinajstić information content (AvgIpc) is 2.98. The predicted molar refractivity (Wildman–Crippen MR) is 122 cm³/mol. The number of halogens is 1. The molecule has 9 nitrogen and oxygen atoms in total. The van der Waals surface area contributed by atoms with Crippen molar-refractivity contribution in [3.8, 4) is 11.6 Å². The van der Waals surface area contributed by atoms with Crippen LogP contribution < -0.4 is 11.1 Å². The number of nitrogens with zero attached hydrogens (tertiary/aromatic N) is 6. The second-order valence-electron chi connectivity index (χ2n) is 6.71. The molecule has 31 heavy (non-hydrogen) atoms. The summed E-state index contributed by atoms with van der Waals surface area (Å²) in [6.45, 7) is 6.11. The van der Waals surface area contributed by atoms with Crippen molar-refractivity contribution in [2.75, 3.05) is 0 Å². The van der Waals surface area contributed by atoms with Crippen LogP contribution in [0.1, 0.15) is 26.5 Å². The SMILES string of the molecule is CCc1c(/N=N/c2c(O)n(CC)c(=S)n(CC)c2=O)c(=O)n(-c2ccc(Cl)cc2)n1C. The second-order valence-corrected chi connectivity index (χ2v) is 7.52. The lowest BCUT2D eigenvalue weighted by molar-refractivity contribution is 0.402. The van der Waals surface area contributed by atoms with Gasteiger partial charge in [-0.25, -0.2) is 4.68 Å². The molecule has 0 aliphatic carbocycles. The summed E-state index contributed by atoms with van der Waals surface area (Å²) in [6, 6.07) is 6.83. The molecule has 2 heterocycles. The molecule has 0 fully saturated rings. The van der Waals surface area contributed by atoms with Crippen molar-refractivity contribution in [1.29, 1.82) is 0 Å². The Morgan fingerprint density at radius 3 is 2.10 bits per heavy atom. The highest BCUT2D eigenvalue weighted by Crippen LogP contribution is 2.26. The van der Waals surface area contributed by atoms with Crippen molar-refractivity contribution in [2.24, 2.45) is 17.3 Å². The van der Waals surface area contributed by atoms with Crippen LogP contribution in [0.5, 0.6) is 5.88 Å². The summed E-state index contributed by atoms with van der Waals surface area (Å²) in [7, 11) is 1.74. The number of aromatic hydroxyl groups is 1. The summed E-state index contributed by atoms with van der Waals surface area (Å²) >= 11 is 11.2. The number of rotatable bonds is 6. The Hall–Kier alpha value is -2.98. The Balaban J connectivity index is 2.22. The minimum absolute atomic E-state index is 0.0901. The van der Waals surface area contributed by atoms with E-state index in [1.807, 2.05) is 6.92 Å². The molecule has 1 N–H and O–H groups in total. The van der Waals surface area contributed by atoms with Crippen LogP contribution in [0.15, 0.2) is 44.1 Å². The molecule has 0 unspecified atom stereocenters. The van der Waals surface area contributed by atoms with Gasteiger partial charge in [-0.1, -0.05) is 18.5 Å². The first-order valence-corrected chi connectivity index (χ1v) is 10.6. The summed E-state index contributed by atoms with van der Waals surface area (Å²) in [5.74, 6) is -0.377. The van der Waals surface area contributed by atoms with Crippen molar-refractivity contribution in [2.45, 2.75) is 40.3 Å². The molecule has 0 radical (unpaired) electrons. The maximum Gasteiger partial charge on any atom is 0.299 e. The third-order valence-electron chi connectivity index (χ3n) is 5.02. The van der Waals surface area contributed by atoms with Gasteiger partial charge in [0, 0.05) is 25.2 Å². The third-order valence-corrected chi connectivity index (χ3v) is 5.72. The highest BCUT2D eigenvalue weighted by molar-refractivity contribution is 7.71. The molecule has 1 aromatic carbocycles. The minimum atomic E-state index is -0.564. The second kappa shape index (κ2) is 9.03. The highest BCUT2D eigenvalue weighted by Gasteiger charge is 2.20. The largest absolute Gasteiger partial charge is 0.493 e. The summed E-state index contributed by atoms with van der Waals surface area (Å²) in [6.07, 6.45) is 0.506. The van der Waals surface area contributed by atoms with E-state index < -0.39 is 11.1 Å². The van der Waals surface area contributed by atoms with Crippen LogP contribution >= 0.6 is 23.8 Å². The van der Waals surface area contributed by atoms with Gasteiger partial charge < -0.3 is 5.11 Å². The molecule has 0 aliphatic rings. The molecule has 0 aliphatic heterocycles. The normalized spacial score (nSPS) is 11.5. The molecule has 2 aromatic heterocycles. The van der Waals surface area contributed by atoms with Crippen molar-refractivity contribution in [1.82, 2.24) is 18.5 Å². The number of azo groups is 1. The zero-order valence-corrected chi connectivity index (χ0v) is 19.2. The molecule has 3 aromatic rings. The van der Waals surface area contributed by atoms with Crippen LogP contribution in [0.3, 0.4) is 0 Å². The van der Waals surface area contributed by atoms with Crippen molar-refractivity contribution in [3.63, 3.8) is 0 Å². The van der Waals surface area contributed by atoms with E-state index in [0.29, 0.717) is 35.9 Å². The van der Waals surface area contributed by atoms with E-state index in [9.17, 15) is 14.7 Å². The van der Waals surface area contributed by atoms with Gasteiger partial charge in [0.2, 0.25) is 11.6 Å². The van der Waals surface area contributed by atoms with Crippen molar-refractivity contribution in [3.05, 3.63) is 60.5 Å². The van der Waals surface area contributed by atoms with Crippen LogP contribution in [-0.2, 0) is 26.6 Å². The molecule has 0 saturated heterocycles. The van der Waals surface area contributed by atoms with Crippen LogP contribution in [0.4, 0.5) is 11.4 Å². The Bertz CT molecular complexity index is 1330. The van der Waals surface area contributed by atoms with E-state index in [2.05, 4.69) is 10.2 Å². The van der Waals surface area contributed by atoms with Crippen molar-refractivity contribution >= 4 is 35.2 Å². The first-order chi connectivity index (χ1) is 14.8. The smallest absolute Gasteiger partial charge is 0.299 e. The number of benzene rings is 1. The fraction of sp³-hybridized carbons (Fsp3) is 0.350. The molecule has 3 rings (SSSR count). The minimum Gasteiger partial charge on any atom is -0.493 e. The molecule has 0 amide bonds. The van der Waals surface area contributed by atoms with Crippen LogP contribution in [0.25, 0.3) is 5.69 Å². The third kappa shape index (κ3) is 3.88. The molecular formula is C20H23ClN6O3S. The number of hydrogen-bond donors (Lipinski definition) is 1. The maximum atomic E-state index is 13.1. The zero-order chi connectivity index (χ0) is 22.9. The molecule has 164 valence electrons. The molecule has 11 heteroatoms. The van der Waals surface area contributed by atoms with E-state index in [1.165, 1.54) is 13.8 Å². The molecule has 0 atom stereocenters. The van der Waals surface area contributed by atoms with E-state index >= 15 is 0 Å². The monoisotopic (exact) mass is 462 g/mol. The van der Waals surface area contributed by atoms with Gasteiger partial charge in [-0.2, -0.15) is 0 Å². The van der Waals surface area contributed by atoms with Gasteiger partial charge in [-0.05, 0) is 56.8 Å². The molecule has 0 bridgehead atoms. The van der Waals surface area contributed by atoms with Crippen LogP contribution in [0, 0.1) is 4.77 Å². The standard InChI is InChI=1S/C20H23ClN6O3S/c1-5-14-15(19(30)27(24(14)4)13-10-8-12(21)9-11-13)22-23-16-17(28)25(6-2)20(31)26(7-3)18(16)29/h8-11,28H,5-7H2,1-4H3/b23-22+. The van der Waals surface area contributed by atoms with Gasteiger partial charge in [0.05, 0.1) is 11.4 Å². The van der Waals surface area contributed by atoms with Gasteiger partial charge in [0.15, 0.2) is 10.5 Å². The first-order valence-electron chi connectivity index (χ1n) is 9.81. The molecular weight excluding hydrogens is 440 g/mol. The Morgan fingerprint density at radius 2 is 1.55 bits per heavy atom. The van der Waals surface area contributed by atoms with E-state index in [4.69, 9.17) is 23.8 Å². The number of aromatic nitrogens is 4. The van der Waals surface area contributed by atoms with Crippen LogP contribution in [0.2, 0.25) is 5.02 Å². The molecule has 0 saturated carbocycles. The van der Waals surface area contributed by atoms with E-state index in [1.54, 1.807) is 49.8 Å². The van der Waals surface area contributed by atoms with Gasteiger partial charge in [-0.3, -0.25) is 23.4 Å². The summed E-state index contributed by atoms with van der Waals surface area (Å²) < 4.78 is 6.05. The van der Waals surface area contributed by atoms with Gasteiger partial charge in [0.1, 0.15) is 0 Å². The summed E-state index contributed by atoms with van der Waals surface area (Å²) in [5, 5.41) is 19.2. The first kappa shape index (κ1) is 22.7. The fourth-order valence-corrected chi connectivity index (χ4v) is 3.98. The lowest BCUT2D eigenvalue weighted by Gasteiger charge is -2.12. The predicted octanol–water partition coefficient (Wildman–Crippen LogP) is 4.25. The zero-order valence-electron chi connectivity index (χ0n) is 17.7. The van der Waals surface area contributed by atoms with E-state index in [-0.39, 0.29) is 22.0 Å². The Labute approximate surface area is 188 Å². The van der Waals surface area contributed by atoms with E-state index in [0.717, 1.165) is 0 Å². The summed E-state index contributed by atoms with van der Waals surface area (Å²) in [4.78, 5) is 25.9. The average molecular weight is 463 g/mol. The lowest BCUT2D eigenvalue weighted by Crippen LogP contribution is -2.24. The highest BCUT2D eigenvalue weighted by atomic mass is 35.5. The number of hydrogen-bond acceptors (Lipinski definition) is 6. The van der Waals surface area contributed by atoms with Crippen molar-refractivity contribution < 1.29 is 5.11 Å². The van der Waals surface area contributed by atoms with Gasteiger partial charge in [-0.15, -0.1) is 10.2 Å². The maximum absolute atomic E-state index is 13.1. The topological polar surface area (TPSA) is 98.8 Å². The Morgan fingerprint density at radius 1 is 0.968 bits per heavy atom. The Kier molecular flexibility index (Phi) is 6.61. The molecule has 0 spiro atoms.